The van der Waals surface area contributed by atoms with Gasteiger partial charge in [0, 0.05) is 10.4 Å². The fraction of sp³-hybridized carbons (Fsp3) is 0.294. The van der Waals surface area contributed by atoms with Gasteiger partial charge in [0.2, 0.25) is 0 Å². The van der Waals surface area contributed by atoms with Crippen molar-refractivity contribution in [1.82, 2.24) is 0 Å². The predicted molar refractivity (Wildman–Crippen MR) is 97.0 cm³/mol. The third-order valence-corrected chi connectivity index (χ3v) is 5.99. The lowest BCUT2D eigenvalue weighted by molar-refractivity contribution is 0.0697. The molecule has 4 nitrogen and oxygen atoms in total. The fourth-order valence-corrected chi connectivity index (χ4v) is 4.44. The van der Waals surface area contributed by atoms with Crippen molar-refractivity contribution in [3.8, 4) is 0 Å². The van der Waals surface area contributed by atoms with Gasteiger partial charge < -0.3 is 10.4 Å². The summed E-state index contributed by atoms with van der Waals surface area (Å²) in [6.07, 6.45) is 4.74. The van der Waals surface area contributed by atoms with Crippen molar-refractivity contribution in [2.45, 2.75) is 32.1 Å². The maximum absolute atomic E-state index is 12.4. The van der Waals surface area contributed by atoms with E-state index >= 15 is 0 Å². The number of nitrogens with one attached hydrogen (secondary N) is 1. The zero-order valence-electron chi connectivity index (χ0n) is 12.7. The molecule has 0 fully saturated rings. The minimum Gasteiger partial charge on any atom is -0.478 e. The summed E-state index contributed by atoms with van der Waals surface area (Å²) in [5, 5.41) is 13.4. The number of carbonyl (C=O) groups excluding carboxylic acids is 1. The van der Waals surface area contributed by atoms with Crippen LogP contribution in [-0.2, 0) is 12.8 Å². The van der Waals surface area contributed by atoms with Crippen molar-refractivity contribution in [1.29, 1.82) is 0 Å². The first-order valence-corrected chi connectivity index (χ1v) is 9.19. The standard InChI is InChI=1S/C17H15Cl2NO3S/c18-11-7-6-9(8-12(11)19)15(21)20-16-14(17(22)23)10-4-2-1-3-5-13(10)24-16/h6-8H,1-5H2,(H,20,21)(H,22,23). The van der Waals surface area contributed by atoms with E-state index in [0.717, 1.165) is 42.5 Å². The van der Waals surface area contributed by atoms with Crippen LogP contribution in [0.5, 0.6) is 0 Å². The Morgan fingerprint density at radius 1 is 1.08 bits per heavy atom. The summed E-state index contributed by atoms with van der Waals surface area (Å²) in [6, 6.07) is 4.57. The molecule has 7 heteroatoms. The number of thiophene rings is 1. The van der Waals surface area contributed by atoms with E-state index in [1.54, 1.807) is 12.1 Å². The number of aromatic carboxylic acids is 1. The number of benzene rings is 1. The van der Waals surface area contributed by atoms with Crippen LogP contribution in [0.25, 0.3) is 0 Å². The molecule has 24 heavy (non-hydrogen) atoms. The second-order valence-corrected chi connectivity index (χ2v) is 7.58. The lowest BCUT2D eigenvalue weighted by Gasteiger charge is -2.06. The van der Waals surface area contributed by atoms with E-state index in [1.807, 2.05) is 0 Å². The van der Waals surface area contributed by atoms with Crippen molar-refractivity contribution < 1.29 is 14.7 Å². The van der Waals surface area contributed by atoms with Crippen LogP contribution in [-0.4, -0.2) is 17.0 Å². The summed E-state index contributed by atoms with van der Waals surface area (Å²) in [5.41, 5.74) is 1.43. The maximum atomic E-state index is 12.4. The summed E-state index contributed by atoms with van der Waals surface area (Å²) in [6.45, 7) is 0. The Balaban J connectivity index is 1.93. The molecule has 0 saturated carbocycles. The molecule has 1 amide bonds. The highest BCUT2D eigenvalue weighted by atomic mass is 35.5. The number of carboxylic acid groups (broad SMARTS) is 1. The number of aryl methyl sites for hydroxylation is 1. The number of anilines is 1. The van der Waals surface area contributed by atoms with Gasteiger partial charge in [-0.15, -0.1) is 11.3 Å². The van der Waals surface area contributed by atoms with Gasteiger partial charge in [0.15, 0.2) is 0 Å². The van der Waals surface area contributed by atoms with Crippen LogP contribution >= 0.6 is 34.5 Å². The predicted octanol–water partition coefficient (Wildman–Crippen LogP) is 5.27. The van der Waals surface area contributed by atoms with E-state index in [-0.39, 0.29) is 10.6 Å². The van der Waals surface area contributed by atoms with Gasteiger partial charge in [-0.2, -0.15) is 0 Å². The normalized spacial score (nSPS) is 13.9. The Morgan fingerprint density at radius 2 is 1.83 bits per heavy atom. The van der Waals surface area contributed by atoms with E-state index in [4.69, 9.17) is 23.2 Å². The quantitative estimate of drug-likeness (QED) is 0.708. The molecule has 2 N–H and O–H groups in total. The van der Waals surface area contributed by atoms with Crippen molar-refractivity contribution in [2.24, 2.45) is 0 Å². The average molecular weight is 384 g/mol. The first-order valence-electron chi connectivity index (χ1n) is 7.61. The van der Waals surface area contributed by atoms with Crippen LogP contribution in [0.2, 0.25) is 10.0 Å². The van der Waals surface area contributed by atoms with Crippen molar-refractivity contribution in [2.75, 3.05) is 5.32 Å². The van der Waals surface area contributed by atoms with Crippen LogP contribution in [0.15, 0.2) is 18.2 Å². The van der Waals surface area contributed by atoms with Crippen LogP contribution in [0.1, 0.15) is 50.4 Å². The highest BCUT2D eigenvalue weighted by Crippen LogP contribution is 2.37. The number of hydrogen-bond donors (Lipinski definition) is 2. The van der Waals surface area contributed by atoms with Gasteiger partial charge in [0.25, 0.3) is 5.91 Å². The molecule has 3 rings (SSSR count). The summed E-state index contributed by atoms with van der Waals surface area (Å²) >= 11 is 13.2. The Morgan fingerprint density at radius 3 is 2.54 bits per heavy atom. The molecule has 0 saturated heterocycles. The molecule has 126 valence electrons. The van der Waals surface area contributed by atoms with E-state index in [9.17, 15) is 14.7 Å². The molecule has 1 aliphatic carbocycles. The number of hydrogen-bond acceptors (Lipinski definition) is 3. The van der Waals surface area contributed by atoms with Crippen molar-refractivity contribution >= 4 is 51.4 Å². The Kier molecular flexibility index (Phi) is 5.13. The van der Waals surface area contributed by atoms with Gasteiger partial charge >= 0.3 is 5.97 Å². The number of rotatable bonds is 3. The molecule has 1 aliphatic rings. The SMILES string of the molecule is O=C(Nc1sc2c(c1C(=O)O)CCCCC2)c1ccc(Cl)c(Cl)c1. The topological polar surface area (TPSA) is 66.4 Å². The summed E-state index contributed by atoms with van der Waals surface area (Å²) < 4.78 is 0. The van der Waals surface area contributed by atoms with Crippen LogP contribution < -0.4 is 5.32 Å². The van der Waals surface area contributed by atoms with Gasteiger partial charge in [-0.25, -0.2) is 4.79 Å². The number of halogens is 2. The highest BCUT2D eigenvalue weighted by Gasteiger charge is 2.25. The Labute approximate surface area is 153 Å². The minimum atomic E-state index is -1.00. The molecule has 2 aromatic rings. The first-order chi connectivity index (χ1) is 11.5. The fourth-order valence-electron chi connectivity index (χ4n) is 2.87. The Hall–Kier alpha value is -1.56. The zero-order chi connectivity index (χ0) is 17.3. The molecule has 0 radical (unpaired) electrons. The van der Waals surface area contributed by atoms with Crippen molar-refractivity contribution in [3.05, 3.63) is 49.8 Å². The number of amides is 1. The van der Waals surface area contributed by atoms with Crippen LogP contribution in [0, 0.1) is 0 Å². The summed E-state index contributed by atoms with van der Waals surface area (Å²) in [5.74, 6) is -1.40. The van der Waals surface area contributed by atoms with E-state index in [0.29, 0.717) is 15.6 Å². The molecule has 1 heterocycles. The summed E-state index contributed by atoms with van der Waals surface area (Å²) in [4.78, 5) is 25.2. The summed E-state index contributed by atoms with van der Waals surface area (Å²) in [7, 11) is 0. The van der Waals surface area contributed by atoms with Crippen LogP contribution in [0.4, 0.5) is 5.00 Å². The second-order valence-electron chi connectivity index (χ2n) is 5.66. The second kappa shape index (κ2) is 7.13. The van der Waals surface area contributed by atoms with Gasteiger partial charge in [0.1, 0.15) is 5.00 Å². The lowest BCUT2D eigenvalue weighted by Crippen LogP contribution is -2.14. The third kappa shape index (κ3) is 3.43. The largest absolute Gasteiger partial charge is 0.478 e. The first kappa shape index (κ1) is 17.3. The molecule has 0 bridgehead atoms. The number of fused-ring (bicyclic) bond motifs is 1. The zero-order valence-corrected chi connectivity index (χ0v) is 15.0. The maximum Gasteiger partial charge on any atom is 0.339 e. The number of carboxylic acids is 1. The molecule has 0 aliphatic heterocycles. The molecular formula is C17H15Cl2NO3S. The van der Waals surface area contributed by atoms with Gasteiger partial charge in [0.05, 0.1) is 15.6 Å². The van der Waals surface area contributed by atoms with Gasteiger partial charge in [-0.3, -0.25) is 4.79 Å². The minimum absolute atomic E-state index is 0.227. The van der Waals surface area contributed by atoms with Gasteiger partial charge in [-0.1, -0.05) is 29.6 Å². The third-order valence-electron chi connectivity index (χ3n) is 4.04. The molecular weight excluding hydrogens is 369 g/mol. The van der Waals surface area contributed by atoms with Crippen molar-refractivity contribution in [3.63, 3.8) is 0 Å². The van der Waals surface area contributed by atoms with E-state index in [1.165, 1.54) is 17.4 Å². The number of carbonyl (C=O) groups is 2. The average Bonchev–Trinajstić information content (AvgIpc) is 2.71. The van der Waals surface area contributed by atoms with Gasteiger partial charge in [-0.05, 0) is 49.4 Å². The Bertz CT molecular complexity index is 816. The van der Waals surface area contributed by atoms with E-state index in [2.05, 4.69) is 5.32 Å². The van der Waals surface area contributed by atoms with E-state index < -0.39 is 11.9 Å². The van der Waals surface area contributed by atoms with Crippen LogP contribution in [0.3, 0.4) is 0 Å². The molecule has 0 unspecified atom stereocenters. The monoisotopic (exact) mass is 383 g/mol. The highest BCUT2D eigenvalue weighted by molar-refractivity contribution is 7.17. The molecule has 1 aromatic heterocycles. The lowest BCUT2D eigenvalue weighted by atomic mass is 10.1. The molecule has 0 atom stereocenters. The molecule has 1 aromatic carbocycles. The smallest absolute Gasteiger partial charge is 0.339 e. The molecule has 0 spiro atoms.